The number of ether oxygens (including phenoxy) is 1. The molecular weight excluding hydrogens is 340 g/mol. The van der Waals surface area contributed by atoms with Gasteiger partial charge in [0, 0.05) is 18.5 Å². The number of likely N-dealkylation sites (tertiary alicyclic amines) is 1. The molecule has 0 N–H and O–H groups in total. The van der Waals surface area contributed by atoms with Crippen LogP contribution in [0.25, 0.3) is 0 Å². The van der Waals surface area contributed by atoms with Crippen molar-refractivity contribution in [3.8, 4) is 0 Å². The average Bonchev–Trinajstić information content (AvgIpc) is 2.85. The van der Waals surface area contributed by atoms with Crippen molar-refractivity contribution in [1.29, 1.82) is 0 Å². The number of hydrogen-bond donors (Lipinski definition) is 0. The van der Waals surface area contributed by atoms with Crippen LogP contribution in [0.3, 0.4) is 0 Å². The van der Waals surface area contributed by atoms with Crippen molar-refractivity contribution < 1.29 is 23.1 Å². The lowest BCUT2D eigenvalue weighted by molar-refractivity contribution is -0.128. The Hall–Kier alpha value is -1.98. The molecule has 26 heavy (non-hydrogen) atoms. The van der Waals surface area contributed by atoms with Crippen molar-refractivity contribution in [2.45, 2.75) is 65.5 Å². The molecule has 0 saturated carbocycles. The Morgan fingerprint density at radius 3 is 2.35 bits per heavy atom. The fraction of sp³-hybridized carbons (Fsp3) is 0.600. The van der Waals surface area contributed by atoms with E-state index in [0.717, 1.165) is 6.07 Å². The van der Waals surface area contributed by atoms with Gasteiger partial charge in [0.2, 0.25) is 5.91 Å². The fourth-order valence-corrected chi connectivity index (χ4v) is 3.42. The second-order valence-corrected chi connectivity index (χ2v) is 8.17. The van der Waals surface area contributed by atoms with Gasteiger partial charge in [-0.1, -0.05) is 13.8 Å². The third kappa shape index (κ3) is 5.02. The van der Waals surface area contributed by atoms with Crippen molar-refractivity contribution >= 4 is 12.0 Å². The number of hydrogen-bond acceptors (Lipinski definition) is 3. The summed E-state index contributed by atoms with van der Waals surface area (Å²) in [4.78, 5) is 25.9. The second kappa shape index (κ2) is 7.72. The van der Waals surface area contributed by atoms with Gasteiger partial charge >= 0.3 is 6.09 Å². The van der Waals surface area contributed by atoms with E-state index in [1.54, 1.807) is 20.8 Å². The Morgan fingerprint density at radius 2 is 1.81 bits per heavy atom. The van der Waals surface area contributed by atoms with Gasteiger partial charge in [0.15, 0.2) is 0 Å². The standard InChI is InChI=1S/C20H27F2NO3/c1-12(8-14-9-15(21)11-16(22)10-14)13(2)17-6-7-18(24)23(17)19(25)26-20(3,4)5/h9-13,17H,6-8H2,1-5H3/t12-,13-,17-/m0/s1. The van der Waals surface area contributed by atoms with Crippen LogP contribution in [0.5, 0.6) is 0 Å². The van der Waals surface area contributed by atoms with Gasteiger partial charge in [0.1, 0.15) is 17.2 Å². The van der Waals surface area contributed by atoms with Crippen molar-refractivity contribution in [3.05, 3.63) is 35.4 Å². The number of benzene rings is 1. The van der Waals surface area contributed by atoms with Gasteiger partial charge in [-0.25, -0.2) is 18.5 Å². The van der Waals surface area contributed by atoms with E-state index >= 15 is 0 Å². The molecule has 1 heterocycles. The molecule has 0 unspecified atom stereocenters. The normalized spacial score (nSPS) is 20.2. The lowest BCUT2D eigenvalue weighted by atomic mass is 9.83. The zero-order valence-corrected chi connectivity index (χ0v) is 16.0. The molecule has 1 aliphatic heterocycles. The zero-order chi connectivity index (χ0) is 19.6. The Balaban J connectivity index is 2.11. The number of halogens is 2. The van der Waals surface area contributed by atoms with E-state index in [0.29, 0.717) is 24.8 Å². The van der Waals surface area contributed by atoms with Crippen LogP contribution in [0.15, 0.2) is 18.2 Å². The molecule has 0 radical (unpaired) electrons. The molecule has 1 saturated heterocycles. The average molecular weight is 367 g/mol. The predicted molar refractivity (Wildman–Crippen MR) is 94.5 cm³/mol. The molecule has 0 aromatic heterocycles. The van der Waals surface area contributed by atoms with E-state index in [9.17, 15) is 18.4 Å². The Bertz CT molecular complexity index is 664. The highest BCUT2D eigenvalue weighted by atomic mass is 19.1. The second-order valence-electron chi connectivity index (χ2n) is 8.17. The summed E-state index contributed by atoms with van der Waals surface area (Å²) in [5.74, 6) is -1.45. The topological polar surface area (TPSA) is 46.6 Å². The summed E-state index contributed by atoms with van der Waals surface area (Å²) >= 11 is 0. The van der Waals surface area contributed by atoms with Crippen molar-refractivity contribution in [2.24, 2.45) is 11.8 Å². The zero-order valence-electron chi connectivity index (χ0n) is 16.0. The first-order valence-corrected chi connectivity index (χ1v) is 8.98. The smallest absolute Gasteiger partial charge is 0.417 e. The Morgan fingerprint density at radius 1 is 1.23 bits per heavy atom. The van der Waals surface area contributed by atoms with Gasteiger partial charge in [-0.2, -0.15) is 0 Å². The number of imide groups is 1. The van der Waals surface area contributed by atoms with Gasteiger partial charge in [-0.3, -0.25) is 4.79 Å². The maximum atomic E-state index is 13.4. The van der Waals surface area contributed by atoms with Crippen molar-refractivity contribution in [1.82, 2.24) is 4.90 Å². The summed E-state index contributed by atoms with van der Waals surface area (Å²) in [6, 6.07) is 3.21. The molecule has 144 valence electrons. The molecule has 0 spiro atoms. The molecule has 0 aliphatic carbocycles. The molecule has 1 aromatic rings. The van der Waals surface area contributed by atoms with Crippen LogP contribution in [-0.4, -0.2) is 28.5 Å². The molecule has 1 fully saturated rings. The van der Waals surface area contributed by atoms with Gasteiger partial charge in [0.05, 0.1) is 0 Å². The molecule has 1 aliphatic rings. The maximum absolute atomic E-state index is 13.4. The Kier molecular flexibility index (Phi) is 6.04. The number of rotatable bonds is 4. The highest BCUT2D eigenvalue weighted by Crippen LogP contribution is 2.32. The van der Waals surface area contributed by atoms with E-state index in [4.69, 9.17) is 4.74 Å². The molecule has 6 heteroatoms. The summed E-state index contributed by atoms with van der Waals surface area (Å²) in [6.45, 7) is 9.19. The SMILES string of the molecule is C[C@@H]([C@@H](C)Cc1cc(F)cc(F)c1)[C@@H]1CCC(=O)N1C(=O)OC(C)(C)C. The van der Waals surface area contributed by atoms with Crippen molar-refractivity contribution in [2.75, 3.05) is 0 Å². The molecule has 4 nitrogen and oxygen atoms in total. The van der Waals surface area contributed by atoms with E-state index in [-0.39, 0.29) is 23.8 Å². The number of amides is 2. The number of carbonyl (C=O) groups is 2. The monoisotopic (exact) mass is 367 g/mol. The lowest BCUT2D eigenvalue weighted by Crippen LogP contribution is -2.46. The van der Waals surface area contributed by atoms with Crippen LogP contribution in [0.2, 0.25) is 0 Å². The molecule has 1 aromatic carbocycles. The van der Waals surface area contributed by atoms with Gasteiger partial charge in [0.25, 0.3) is 0 Å². The molecule has 2 rings (SSSR count). The summed E-state index contributed by atoms with van der Waals surface area (Å²) in [7, 11) is 0. The fourth-order valence-electron chi connectivity index (χ4n) is 3.42. The van der Waals surface area contributed by atoms with E-state index in [2.05, 4.69) is 0 Å². The minimum atomic E-state index is -0.682. The first-order chi connectivity index (χ1) is 12.0. The van der Waals surface area contributed by atoms with Crippen LogP contribution in [0.4, 0.5) is 13.6 Å². The van der Waals surface area contributed by atoms with Crippen LogP contribution < -0.4 is 0 Å². The lowest BCUT2D eigenvalue weighted by Gasteiger charge is -2.33. The third-order valence-corrected chi connectivity index (χ3v) is 4.83. The highest BCUT2D eigenvalue weighted by Gasteiger charge is 2.42. The third-order valence-electron chi connectivity index (χ3n) is 4.83. The van der Waals surface area contributed by atoms with E-state index < -0.39 is 23.3 Å². The van der Waals surface area contributed by atoms with E-state index in [1.165, 1.54) is 17.0 Å². The van der Waals surface area contributed by atoms with Crippen LogP contribution >= 0.6 is 0 Å². The Labute approximate surface area is 153 Å². The minimum Gasteiger partial charge on any atom is -0.443 e. The van der Waals surface area contributed by atoms with Gasteiger partial charge in [-0.05, 0) is 63.1 Å². The first kappa shape index (κ1) is 20.3. The predicted octanol–water partition coefficient (Wildman–Crippen LogP) is 4.71. The number of nitrogens with zero attached hydrogens (tertiary/aromatic N) is 1. The van der Waals surface area contributed by atoms with Crippen LogP contribution in [-0.2, 0) is 16.0 Å². The molecule has 0 bridgehead atoms. The van der Waals surface area contributed by atoms with Gasteiger partial charge in [-0.15, -0.1) is 0 Å². The maximum Gasteiger partial charge on any atom is 0.417 e. The van der Waals surface area contributed by atoms with Gasteiger partial charge < -0.3 is 4.74 Å². The number of carbonyl (C=O) groups excluding carboxylic acids is 2. The quantitative estimate of drug-likeness (QED) is 0.774. The summed E-state index contributed by atoms with van der Waals surface area (Å²) in [5.41, 5.74) is -0.117. The molecule has 2 amide bonds. The highest BCUT2D eigenvalue weighted by molar-refractivity contribution is 5.94. The van der Waals surface area contributed by atoms with Crippen LogP contribution in [0, 0.1) is 23.5 Å². The summed E-state index contributed by atoms with van der Waals surface area (Å²) in [5, 5.41) is 0. The minimum absolute atomic E-state index is 0.0250. The molecule has 3 atom stereocenters. The van der Waals surface area contributed by atoms with Crippen molar-refractivity contribution in [3.63, 3.8) is 0 Å². The van der Waals surface area contributed by atoms with Crippen LogP contribution in [0.1, 0.15) is 53.0 Å². The molecular formula is C20H27F2NO3. The summed E-state index contributed by atoms with van der Waals surface area (Å²) < 4.78 is 32.2. The first-order valence-electron chi connectivity index (χ1n) is 8.98. The van der Waals surface area contributed by atoms with E-state index in [1.807, 2.05) is 13.8 Å². The largest absolute Gasteiger partial charge is 0.443 e. The summed E-state index contributed by atoms with van der Waals surface area (Å²) in [6.07, 6.45) is 0.708.